The van der Waals surface area contributed by atoms with Crippen molar-refractivity contribution in [3.05, 3.63) is 42.0 Å². The Balaban J connectivity index is 0.00000435. The summed E-state index contributed by atoms with van der Waals surface area (Å²) in [7, 11) is 3.71. The molecule has 0 aromatic carbocycles. The zero-order valence-electron chi connectivity index (χ0n) is 30.3. The molecule has 1 unspecified atom stereocenters. The number of aliphatic carboxylic acids is 1. The number of hydrogen-bond donors (Lipinski definition) is 1. The molecule has 8 rings (SSSR count). The number of carboxylic acid groups (broad SMARTS) is 1. The number of piperidine rings is 1. The van der Waals surface area contributed by atoms with Crippen molar-refractivity contribution in [1.29, 1.82) is 0 Å². The van der Waals surface area contributed by atoms with Crippen molar-refractivity contribution < 1.29 is 62.1 Å². The average Bonchev–Trinajstić information content (AvgIpc) is 3.63. The first-order valence-corrected chi connectivity index (χ1v) is 18.1. The summed E-state index contributed by atoms with van der Waals surface area (Å²) in [6, 6.07) is 5.00. The first kappa shape index (κ1) is 37.9. The van der Waals surface area contributed by atoms with Gasteiger partial charge in [0.05, 0.1) is 49.1 Å². The molecule has 276 valence electrons. The number of aromatic nitrogens is 6. The molecule has 1 N–H and O–H groups in total. The topological polar surface area (TPSA) is 145 Å². The number of H-pyrrole nitrogens is 1. The molecule has 12 nitrogen and oxygen atoms in total. The molecule has 2 aliphatic carbocycles. The summed E-state index contributed by atoms with van der Waals surface area (Å²) in [5, 5.41) is 10.9. The van der Waals surface area contributed by atoms with Crippen LogP contribution >= 0.6 is 0 Å². The van der Waals surface area contributed by atoms with Gasteiger partial charge in [-0.15, -0.1) is 0 Å². The maximum Gasteiger partial charge on any atom is 1.00 e. The minimum atomic E-state index is -4.59. The van der Waals surface area contributed by atoms with E-state index in [1.165, 1.54) is 0 Å². The fourth-order valence-corrected chi connectivity index (χ4v) is 8.74. The Bertz CT molecular complexity index is 1940. The number of aromatic amines is 1. The van der Waals surface area contributed by atoms with Crippen molar-refractivity contribution >= 4 is 28.6 Å². The van der Waals surface area contributed by atoms with E-state index in [-0.39, 0.29) is 59.1 Å². The number of carbonyl (C=O) groups is 1. The first-order chi connectivity index (χ1) is 25.0. The van der Waals surface area contributed by atoms with Crippen LogP contribution in [0, 0.1) is 5.41 Å². The third-order valence-electron chi connectivity index (χ3n) is 11.2. The SMILES string of the molecule is COCC1(CN(C)c2cc(-c3cc(C4CC4)nc(C(F)(F)F)c3)nc3nc(-c4cnc(N5[C@@H]6CC[C@H]5CC(OCC(=O)[O-])C6)cn4)[nH]c23)CCCC1.[Na+]. The third kappa shape index (κ3) is 7.91. The maximum atomic E-state index is 14.0. The van der Waals surface area contributed by atoms with Crippen LogP contribution in [-0.2, 0) is 20.4 Å². The van der Waals surface area contributed by atoms with E-state index in [4.69, 9.17) is 29.4 Å². The molecule has 2 bridgehead atoms. The molecule has 2 saturated heterocycles. The molecule has 6 heterocycles. The van der Waals surface area contributed by atoms with Crippen molar-refractivity contribution in [3.63, 3.8) is 0 Å². The molecule has 0 radical (unpaired) electrons. The summed E-state index contributed by atoms with van der Waals surface area (Å²) in [6.45, 7) is 0.901. The minimum absolute atomic E-state index is 0. The summed E-state index contributed by atoms with van der Waals surface area (Å²) in [6.07, 6.45) is 7.93. The molecule has 4 aliphatic rings. The number of halogens is 3. The Labute approximate surface area is 327 Å². The predicted octanol–water partition coefficient (Wildman–Crippen LogP) is 2.29. The van der Waals surface area contributed by atoms with E-state index in [1.54, 1.807) is 25.6 Å². The van der Waals surface area contributed by atoms with Crippen LogP contribution in [-0.4, -0.2) is 88.0 Å². The monoisotopic (exact) mass is 742 g/mol. The fraction of sp³-hybridized carbons (Fsp3) is 0.568. The first-order valence-electron chi connectivity index (χ1n) is 18.1. The van der Waals surface area contributed by atoms with E-state index in [2.05, 4.69) is 19.8 Å². The second-order valence-corrected chi connectivity index (χ2v) is 15.1. The van der Waals surface area contributed by atoms with Crippen LogP contribution in [0.5, 0.6) is 0 Å². The Morgan fingerprint density at radius 2 is 1.75 bits per heavy atom. The van der Waals surface area contributed by atoms with Gasteiger partial charge in [-0.3, -0.25) is 0 Å². The molecule has 0 amide bonds. The van der Waals surface area contributed by atoms with Crippen LogP contribution in [0.1, 0.15) is 81.5 Å². The van der Waals surface area contributed by atoms with Crippen molar-refractivity contribution in [3.8, 4) is 22.8 Å². The van der Waals surface area contributed by atoms with Gasteiger partial charge in [0.2, 0.25) is 0 Å². The number of nitrogens with zero attached hydrogens (tertiary/aromatic N) is 7. The normalized spacial score (nSPS) is 22.3. The summed E-state index contributed by atoms with van der Waals surface area (Å²) in [5.74, 6) is -0.0173. The maximum absolute atomic E-state index is 14.0. The molecular formula is C37H42F3N8NaO4. The van der Waals surface area contributed by atoms with Crippen LogP contribution in [0.2, 0.25) is 0 Å². The minimum Gasteiger partial charge on any atom is -0.548 e. The largest absolute Gasteiger partial charge is 1.00 e. The predicted molar refractivity (Wildman–Crippen MR) is 184 cm³/mol. The van der Waals surface area contributed by atoms with Gasteiger partial charge in [0.15, 0.2) is 11.5 Å². The molecule has 4 aromatic heterocycles. The van der Waals surface area contributed by atoms with Gasteiger partial charge in [0.1, 0.15) is 22.7 Å². The van der Waals surface area contributed by atoms with Gasteiger partial charge in [-0.25, -0.2) is 24.9 Å². The van der Waals surface area contributed by atoms with Crippen molar-refractivity contribution in [2.45, 2.75) is 94.5 Å². The Morgan fingerprint density at radius 1 is 1.02 bits per heavy atom. The van der Waals surface area contributed by atoms with Crippen LogP contribution in [0.4, 0.5) is 24.7 Å². The Kier molecular flexibility index (Phi) is 10.8. The van der Waals surface area contributed by atoms with Crippen LogP contribution in [0.25, 0.3) is 33.9 Å². The number of fused-ring (bicyclic) bond motifs is 3. The number of anilines is 2. The van der Waals surface area contributed by atoms with Gasteiger partial charge in [-0.05, 0) is 69.6 Å². The third-order valence-corrected chi connectivity index (χ3v) is 11.2. The van der Waals surface area contributed by atoms with Crippen molar-refractivity contribution in [2.24, 2.45) is 5.41 Å². The summed E-state index contributed by atoms with van der Waals surface area (Å²) >= 11 is 0. The zero-order valence-corrected chi connectivity index (χ0v) is 32.3. The molecule has 4 fully saturated rings. The fourth-order valence-electron chi connectivity index (χ4n) is 8.74. The number of alkyl halides is 3. The molecule has 2 saturated carbocycles. The number of nitrogens with one attached hydrogen (secondary N) is 1. The Morgan fingerprint density at radius 3 is 2.38 bits per heavy atom. The van der Waals surface area contributed by atoms with Crippen LogP contribution < -0.4 is 44.5 Å². The second kappa shape index (κ2) is 15.0. The van der Waals surface area contributed by atoms with E-state index < -0.39 is 24.4 Å². The summed E-state index contributed by atoms with van der Waals surface area (Å²) in [4.78, 5) is 41.9. The van der Waals surface area contributed by atoms with E-state index >= 15 is 0 Å². The van der Waals surface area contributed by atoms with Gasteiger partial charge in [0.25, 0.3) is 0 Å². The van der Waals surface area contributed by atoms with Gasteiger partial charge in [-0.1, -0.05) is 12.8 Å². The van der Waals surface area contributed by atoms with Crippen molar-refractivity contribution in [1.82, 2.24) is 29.9 Å². The van der Waals surface area contributed by atoms with Crippen LogP contribution in [0.3, 0.4) is 0 Å². The van der Waals surface area contributed by atoms with E-state index in [0.29, 0.717) is 65.6 Å². The van der Waals surface area contributed by atoms with Crippen molar-refractivity contribution in [2.75, 3.05) is 43.7 Å². The molecule has 53 heavy (non-hydrogen) atoms. The average molecular weight is 743 g/mol. The molecule has 2 aliphatic heterocycles. The van der Waals surface area contributed by atoms with Gasteiger partial charge in [0, 0.05) is 55.4 Å². The van der Waals surface area contributed by atoms with E-state index in [9.17, 15) is 23.1 Å². The van der Waals surface area contributed by atoms with E-state index in [0.717, 1.165) is 68.9 Å². The molecule has 16 heteroatoms. The number of hydrogen-bond acceptors (Lipinski definition) is 11. The number of ether oxygens (including phenoxy) is 2. The smallest absolute Gasteiger partial charge is 0.548 e. The quantitative estimate of drug-likeness (QED) is 0.214. The zero-order chi connectivity index (χ0) is 36.2. The molecular weight excluding hydrogens is 700 g/mol. The summed E-state index contributed by atoms with van der Waals surface area (Å²) in [5.41, 5.74) is 2.50. The van der Waals surface area contributed by atoms with E-state index in [1.807, 2.05) is 13.1 Å². The second-order valence-electron chi connectivity index (χ2n) is 15.1. The summed E-state index contributed by atoms with van der Waals surface area (Å²) < 4.78 is 53.4. The number of imidazole rings is 1. The number of pyridine rings is 2. The molecule has 3 atom stereocenters. The number of methoxy groups -OCH3 is 1. The van der Waals surface area contributed by atoms with Gasteiger partial charge < -0.3 is 34.2 Å². The molecule has 4 aromatic rings. The van der Waals surface area contributed by atoms with Crippen LogP contribution in [0.15, 0.2) is 30.6 Å². The van der Waals surface area contributed by atoms with Gasteiger partial charge >= 0.3 is 35.7 Å². The number of carbonyl (C=O) groups excluding carboxylic acids is 1. The number of rotatable bonds is 12. The Hall–Kier alpha value is -3.37. The van der Waals surface area contributed by atoms with Gasteiger partial charge in [-0.2, -0.15) is 13.2 Å². The molecule has 0 spiro atoms. The number of carboxylic acids is 1. The standard InChI is InChI=1S/C37H43F3N8O4.Na/c1-47(19-36(20-51-2)9-3-4-10-36)29-15-27(22-11-26(21-5-6-21)43-30(12-22)37(38,39)40)44-35-33(29)45-34(46-35)28-16-42-31(17-41-28)48-23-7-8-24(48)14-25(13-23)52-18-32(49)50;/h11-12,15-17,21,23-25H,3-10,13-14,18-20H2,1-2H3,(H,49,50)(H,44,45,46);/q;+1/p-1/t23-,24+,25?;.